The second kappa shape index (κ2) is 2.11. The summed E-state index contributed by atoms with van der Waals surface area (Å²) in [6, 6.07) is 0. The summed E-state index contributed by atoms with van der Waals surface area (Å²) in [6.45, 7) is 3.98. The zero-order valence-electron chi connectivity index (χ0n) is 6.35. The van der Waals surface area contributed by atoms with Crippen LogP contribution >= 0.6 is 15.9 Å². The van der Waals surface area contributed by atoms with Gasteiger partial charge < -0.3 is 0 Å². The Labute approximate surface area is 72.5 Å². The SMILES string of the molecule is Cc1cn2[nH]c(C)c(Br)c2n1. The van der Waals surface area contributed by atoms with Crippen LogP contribution in [0.25, 0.3) is 5.65 Å². The minimum Gasteiger partial charge on any atom is -0.296 e. The molecule has 2 rings (SSSR count). The number of imidazole rings is 1. The lowest BCUT2D eigenvalue weighted by atomic mass is 10.5. The van der Waals surface area contributed by atoms with Crippen LogP contribution in [0.2, 0.25) is 0 Å². The molecule has 0 saturated carbocycles. The topological polar surface area (TPSA) is 33.1 Å². The van der Waals surface area contributed by atoms with Crippen molar-refractivity contribution in [2.24, 2.45) is 0 Å². The molecule has 0 fully saturated rings. The summed E-state index contributed by atoms with van der Waals surface area (Å²) in [5.41, 5.74) is 3.09. The Bertz CT molecular complexity index is 399. The summed E-state index contributed by atoms with van der Waals surface area (Å²) in [7, 11) is 0. The maximum Gasteiger partial charge on any atom is 0.167 e. The molecular weight excluding hydrogens is 206 g/mol. The van der Waals surface area contributed by atoms with Gasteiger partial charge in [0.2, 0.25) is 0 Å². The Hall–Kier alpha value is -0.770. The third kappa shape index (κ3) is 0.894. The molecule has 0 saturated heterocycles. The van der Waals surface area contributed by atoms with E-state index >= 15 is 0 Å². The van der Waals surface area contributed by atoms with Gasteiger partial charge in [0, 0.05) is 11.9 Å². The predicted octanol–water partition coefficient (Wildman–Crippen LogP) is 2.04. The smallest absolute Gasteiger partial charge is 0.167 e. The monoisotopic (exact) mass is 213 g/mol. The molecule has 0 spiro atoms. The first-order valence-corrected chi connectivity index (χ1v) is 4.17. The number of halogens is 1. The van der Waals surface area contributed by atoms with E-state index in [1.54, 1.807) is 0 Å². The molecule has 2 aromatic rings. The number of hydrogen-bond donors (Lipinski definition) is 1. The van der Waals surface area contributed by atoms with Crippen molar-refractivity contribution in [2.75, 3.05) is 0 Å². The molecule has 4 heteroatoms. The average Bonchev–Trinajstić information content (AvgIpc) is 2.37. The van der Waals surface area contributed by atoms with Gasteiger partial charge in [-0.15, -0.1) is 0 Å². The van der Waals surface area contributed by atoms with Crippen LogP contribution in [0.1, 0.15) is 11.4 Å². The second-order valence-corrected chi connectivity index (χ2v) is 3.42. The molecule has 11 heavy (non-hydrogen) atoms. The number of nitrogens with one attached hydrogen (secondary N) is 1. The van der Waals surface area contributed by atoms with Gasteiger partial charge >= 0.3 is 0 Å². The molecule has 3 nitrogen and oxygen atoms in total. The first-order chi connectivity index (χ1) is 5.18. The third-order valence-corrected chi connectivity index (χ3v) is 2.59. The summed E-state index contributed by atoms with van der Waals surface area (Å²) >= 11 is 3.45. The van der Waals surface area contributed by atoms with Gasteiger partial charge in [-0.3, -0.25) is 5.10 Å². The predicted molar refractivity (Wildman–Crippen MR) is 46.7 cm³/mol. The molecule has 0 aliphatic rings. The molecule has 2 aromatic heterocycles. The van der Waals surface area contributed by atoms with E-state index in [1.807, 2.05) is 24.6 Å². The Morgan fingerprint density at radius 3 is 2.91 bits per heavy atom. The van der Waals surface area contributed by atoms with Gasteiger partial charge in [-0.05, 0) is 29.8 Å². The van der Waals surface area contributed by atoms with Gasteiger partial charge in [0.25, 0.3) is 0 Å². The van der Waals surface area contributed by atoms with Crippen LogP contribution in [0.4, 0.5) is 0 Å². The van der Waals surface area contributed by atoms with E-state index in [2.05, 4.69) is 26.0 Å². The number of fused-ring (bicyclic) bond motifs is 1. The summed E-state index contributed by atoms with van der Waals surface area (Å²) in [5, 5.41) is 3.15. The number of hydrogen-bond acceptors (Lipinski definition) is 1. The molecule has 0 bridgehead atoms. The first-order valence-electron chi connectivity index (χ1n) is 3.38. The summed E-state index contributed by atoms with van der Waals surface area (Å²) in [4.78, 5) is 4.32. The van der Waals surface area contributed by atoms with Gasteiger partial charge in [0.15, 0.2) is 5.65 Å². The van der Waals surface area contributed by atoms with Crippen LogP contribution in [0.5, 0.6) is 0 Å². The molecule has 0 atom stereocenters. The van der Waals surface area contributed by atoms with Crippen molar-refractivity contribution < 1.29 is 0 Å². The number of aryl methyl sites for hydroxylation is 2. The normalized spacial score (nSPS) is 11.2. The molecule has 1 N–H and O–H groups in total. The summed E-state index contributed by atoms with van der Waals surface area (Å²) < 4.78 is 2.96. The van der Waals surface area contributed by atoms with Crippen LogP contribution in [-0.2, 0) is 0 Å². The van der Waals surface area contributed by atoms with E-state index in [0.29, 0.717) is 0 Å². The molecular formula is C7H8BrN3. The van der Waals surface area contributed by atoms with Gasteiger partial charge in [-0.1, -0.05) is 0 Å². The third-order valence-electron chi connectivity index (χ3n) is 1.64. The lowest BCUT2D eigenvalue weighted by molar-refractivity contribution is 0.941. The lowest BCUT2D eigenvalue weighted by Crippen LogP contribution is -1.79. The zero-order chi connectivity index (χ0) is 8.01. The molecule has 0 aromatic carbocycles. The Morgan fingerprint density at radius 1 is 1.55 bits per heavy atom. The largest absolute Gasteiger partial charge is 0.296 e. The highest BCUT2D eigenvalue weighted by molar-refractivity contribution is 9.10. The Kier molecular flexibility index (Phi) is 1.32. The minimum absolute atomic E-state index is 0.958. The van der Waals surface area contributed by atoms with E-state index in [0.717, 1.165) is 21.5 Å². The van der Waals surface area contributed by atoms with Crippen LogP contribution in [0.3, 0.4) is 0 Å². The number of H-pyrrole nitrogens is 1. The Balaban J connectivity index is 2.88. The standard InChI is InChI=1S/C7H8BrN3/c1-4-3-11-7(9-4)6(8)5(2)10-11/h3,10H,1-2H3. The summed E-state index contributed by atoms with van der Waals surface area (Å²) in [5.74, 6) is 0. The van der Waals surface area contributed by atoms with Crippen molar-refractivity contribution in [1.82, 2.24) is 14.6 Å². The fraction of sp³-hybridized carbons (Fsp3) is 0.286. The molecule has 0 radical (unpaired) electrons. The molecule has 2 heterocycles. The number of rotatable bonds is 0. The highest BCUT2D eigenvalue weighted by atomic mass is 79.9. The minimum atomic E-state index is 0.958. The van der Waals surface area contributed by atoms with Gasteiger partial charge in [-0.2, -0.15) is 0 Å². The molecule has 0 aliphatic heterocycles. The number of aromatic nitrogens is 3. The quantitative estimate of drug-likeness (QED) is 0.715. The zero-order valence-corrected chi connectivity index (χ0v) is 7.94. The highest BCUT2D eigenvalue weighted by Crippen LogP contribution is 2.20. The van der Waals surface area contributed by atoms with Crippen molar-refractivity contribution in [1.29, 1.82) is 0 Å². The van der Waals surface area contributed by atoms with E-state index in [1.165, 1.54) is 0 Å². The van der Waals surface area contributed by atoms with Gasteiger partial charge in [0.05, 0.1) is 10.2 Å². The second-order valence-electron chi connectivity index (χ2n) is 2.63. The van der Waals surface area contributed by atoms with Crippen molar-refractivity contribution in [3.63, 3.8) is 0 Å². The number of nitrogens with zero attached hydrogens (tertiary/aromatic N) is 2. The molecule has 0 aliphatic carbocycles. The van der Waals surface area contributed by atoms with Crippen LogP contribution in [0, 0.1) is 13.8 Å². The van der Waals surface area contributed by atoms with E-state index in [9.17, 15) is 0 Å². The van der Waals surface area contributed by atoms with Gasteiger partial charge in [-0.25, -0.2) is 9.50 Å². The maximum absolute atomic E-state index is 4.32. The van der Waals surface area contributed by atoms with Crippen molar-refractivity contribution in [2.45, 2.75) is 13.8 Å². The van der Waals surface area contributed by atoms with Crippen molar-refractivity contribution in [3.8, 4) is 0 Å². The average molecular weight is 214 g/mol. The van der Waals surface area contributed by atoms with Crippen molar-refractivity contribution >= 4 is 21.6 Å². The summed E-state index contributed by atoms with van der Waals surface area (Å²) in [6.07, 6.45) is 1.97. The van der Waals surface area contributed by atoms with E-state index in [-0.39, 0.29) is 0 Å². The van der Waals surface area contributed by atoms with Crippen LogP contribution in [-0.4, -0.2) is 14.6 Å². The molecule has 58 valence electrons. The van der Waals surface area contributed by atoms with Crippen LogP contribution in [0.15, 0.2) is 10.7 Å². The lowest BCUT2D eigenvalue weighted by Gasteiger charge is -1.82. The fourth-order valence-corrected chi connectivity index (χ4v) is 1.50. The fourth-order valence-electron chi connectivity index (χ4n) is 1.14. The van der Waals surface area contributed by atoms with E-state index < -0.39 is 0 Å². The first kappa shape index (κ1) is 6.91. The highest BCUT2D eigenvalue weighted by Gasteiger charge is 2.06. The van der Waals surface area contributed by atoms with Gasteiger partial charge in [0.1, 0.15) is 0 Å². The molecule has 0 unspecified atom stereocenters. The van der Waals surface area contributed by atoms with Crippen molar-refractivity contribution in [3.05, 3.63) is 22.1 Å². The van der Waals surface area contributed by atoms with E-state index in [4.69, 9.17) is 0 Å². The van der Waals surface area contributed by atoms with Crippen LogP contribution < -0.4 is 0 Å². The number of aromatic amines is 1. The Morgan fingerprint density at radius 2 is 2.27 bits per heavy atom. The maximum atomic E-state index is 4.32. The molecule has 0 amide bonds.